The van der Waals surface area contributed by atoms with Gasteiger partial charge in [-0.25, -0.2) is 15.0 Å². The van der Waals surface area contributed by atoms with Gasteiger partial charge in [0.2, 0.25) is 0 Å². The minimum Gasteiger partial charge on any atom is -0.335 e. The zero-order valence-corrected chi connectivity index (χ0v) is 16.8. The number of aromatic nitrogens is 6. The molecule has 0 saturated carbocycles. The average Bonchev–Trinajstić information content (AvgIpc) is 3.51. The van der Waals surface area contributed by atoms with Crippen LogP contribution in [0.3, 0.4) is 0 Å². The average molecular weight is 419 g/mol. The lowest BCUT2D eigenvalue weighted by Crippen LogP contribution is -2.27. The largest absolute Gasteiger partial charge is 0.335 e. The SMILES string of the molecule is Fc1ccc(-c2ccnc3nc(-c4n[nH]c5ccc(C6CCNCC6)nc45)[nH]c23)s1. The van der Waals surface area contributed by atoms with Crippen molar-refractivity contribution >= 4 is 33.5 Å². The van der Waals surface area contributed by atoms with Crippen LogP contribution in [-0.2, 0) is 0 Å². The minimum atomic E-state index is -0.220. The monoisotopic (exact) mass is 419 g/mol. The van der Waals surface area contributed by atoms with Gasteiger partial charge in [-0.05, 0) is 56.3 Å². The predicted molar refractivity (Wildman–Crippen MR) is 115 cm³/mol. The molecule has 1 saturated heterocycles. The molecule has 0 spiro atoms. The van der Waals surface area contributed by atoms with Crippen LogP contribution in [0.15, 0.2) is 36.5 Å². The van der Waals surface area contributed by atoms with Gasteiger partial charge in [0.05, 0.1) is 11.0 Å². The predicted octanol–water partition coefficient (Wildman–Crippen LogP) is 4.23. The lowest BCUT2D eigenvalue weighted by atomic mass is 9.94. The molecular formula is C21H18FN7S. The molecule has 0 bridgehead atoms. The number of fused-ring (bicyclic) bond motifs is 2. The molecule has 150 valence electrons. The molecule has 0 unspecified atom stereocenters. The molecule has 7 nitrogen and oxygen atoms in total. The number of H-pyrrole nitrogens is 2. The van der Waals surface area contributed by atoms with E-state index in [9.17, 15) is 4.39 Å². The molecule has 0 radical (unpaired) electrons. The van der Waals surface area contributed by atoms with Gasteiger partial charge >= 0.3 is 0 Å². The van der Waals surface area contributed by atoms with E-state index in [2.05, 4.69) is 36.5 Å². The summed E-state index contributed by atoms with van der Waals surface area (Å²) in [5, 5.41) is 10.7. The van der Waals surface area contributed by atoms with Gasteiger partial charge in [0.25, 0.3) is 0 Å². The molecule has 30 heavy (non-hydrogen) atoms. The van der Waals surface area contributed by atoms with Crippen molar-refractivity contribution in [3.05, 3.63) is 47.4 Å². The summed E-state index contributed by atoms with van der Waals surface area (Å²) in [5.41, 5.74) is 5.64. The lowest BCUT2D eigenvalue weighted by molar-refractivity contribution is 0.454. The van der Waals surface area contributed by atoms with Crippen LogP contribution in [0.25, 0.3) is 44.2 Å². The Balaban J connectivity index is 1.47. The van der Waals surface area contributed by atoms with Gasteiger partial charge in [-0.2, -0.15) is 9.49 Å². The van der Waals surface area contributed by atoms with Crippen LogP contribution in [0.4, 0.5) is 4.39 Å². The first kappa shape index (κ1) is 17.7. The molecular weight excluding hydrogens is 401 g/mol. The Labute approximate surface area is 174 Å². The van der Waals surface area contributed by atoms with Crippen molar-refractivity contribution in [2.45, 2.75) is 18.8 Å². The normalized spacial score (nSPS) is 15.4. The summed E-state index contributed by atoms with van der Waals surface area (Å²) in [6, 6.07) is 9.23. The Morgan fingerprint density at radius 2 is 1.93 bits per heavy atom. The zero-order chi connectivity index (χ0) is 20.1. The summed E-state index contributed by atoms with van der Waals surface area (Å²) in [6.45, 7) is 2.04. The number of hydrogen-bond acceptors (Lipinski definition) is 6. The first-order valence-corrected chi connectivity index (χ1v) is 10.7. The maximum Gasteiger partial charge on any atom is 0.178 e. The fraction of sp³-hybridized carbons (Fsp3) is 0.238. The highest BCUT2D eigenvalue weighted by Gasteiger charge is 2.20. The number of halogens is 1. The molecule has 6 heterocycles. The summed E-state index contributed by atoms with van der Waals surface area (Å²) in [5.74, 6) is 1.05. The first-order valence-electron chi connectivity index (χ1n) is 9.93. The molecule has 5 aromatic heterocycles. The van der Waals surface area contributed by atoms with Gasteiger partial charge in [0.15, 0.2) is 22.3 Å². The number of nitrogens with zero attached hydrogens (tertiary/aromatic N) is 4. The van der Waals surface area contributed by atoms with Crippen LogP contribution in [0.1, 0.15) is 24.5 Å². The second-order valence-electron chi connectivity index (χ2n) is 7.48. The van der Waals surface area contributed by atoms with Crippen LogP contribution < -0.4 is 5.32 Å². The summed E-state index contributed by atoms with van der Waals surface area (Å²) in [4.78, 5) is 18.1. The third kappa shape index (κ3) is 2.89. The molecule has 3 N–H and O–H groups in total. The quantitative estimate of drug-likeness (QED) is 0.407. The number of thiophene rings is 1. The van der Waals surface area contributed by atoms with E-state index in [0.717, 1.165) is 70.0 Å². The molecule has 6 rings (SSSR count). The van der Waals surface area contributed by atoms with Crippen molar-refractivity contribution in [3.8, 4) is 22.0 Å². The van der Waals surface area contributed by atoms with Gasteiger partial charge < -0.3 is 10.3 Å². The topological polar surface area (TPSA) is 95.2 Å². The molecule has 1 aliphatic rings. The standard InChI is InChI=1S/C21H18FN7S/c22-16-4-3-15(30-16)12-7-10-24-20-17(12)26-21(27-20)19-18-14(28-29-19)2-1-13(25-18)11-5-8-23-9-6-11/h1-4,7,10-11,23H,5-6,8-9H2,(H,28,29)(H,24,26,27). The van der Waals surface area contributed by atoms with Gasteiger partial charge in [0.1, 0.15) is 5.52 Å². The first-order chi connectivity index (χ1) is 14.8. The number of nitrogens with one attached hydrogen (secondary N) is 3. The number of rotatable bonds is 3. The van der Waals surface area contributed by atoms with Crippen molar-refractivity contribution in [2.75, 3.05) is 13.1 Å². The van der Waals surface area contributed by atoms with E-state index in [-0.39, 0.29) is 5.13 Å². The van der Waals surface area contributed by atoms with E-state index in [1.54, 1.807) is 12.3 Å². The highest BCUT2D eigenvalue weighted by atomic mass is 32.1. The maximum absolute atomic E-state index is 13.6. The number of aromatic amines is 2. The summed E-state index contributed by atoms with van der Waals surface area (Å²) in [7, 11) is 0. The molecule has 5 aromatic rings. The van der Waals surface area contributed by atoms with Crippen LogP contribution in [0.2, 0.25) is 0 Å². The lowest BCUT2D eigenvalue weighted by Gasteiger charge is -2.22. The van der Waals surface area contributed by atoms with Crippen LogP contribution in [0.5, 0.6) is 0 Å². The smallest absolute Gasteiger partial charge is 0.178 e. The summed E-state index contributed by atoms with van der Waals surface area (Å²) < 4.78 is 13.6. The molecule has 1 fully saturated rings. The molecule has 9 heteroatoms. The number of hydrogen-bond donors (Lipinski definition) is 3. The van der Waals surface area contributed by atoms with Crippen molar-refractivity contribution in [1.82, 2.24) is 35.5 Å². The highest BCUT2D eigenvalue weighted by molar-refractivity contribution is 7.14. The van der Waals surface area contributed by atoms with Gasteiger partial charge in [-0.3, -0.25) is 5.10 Å². The van der Waals surface area contributed by atoms with Gasteiger partial charge in [-0.15, -0.1) is 11.3 Å². The molecule has 0 aromatic carbocycles. The Morgan fingerprint density at radius 3 is 2.77 bits per heavy atom. The van der Waals surface area contributed by atoms with Gasteiger partial charge in [-0.1, -0.05) is 0 Å². The Bertz CT molecular complexity index is 1360. The fourth-order valence-electron chi connectivity index (χ4n) is 4.11. The molecule has 0 amide bonds. The third-order valence-corrected chi connectivity index (χ3v) is 6.55. The Kier molecular flexibility index (Phi) is 4.10. The molecule has 1 aliphatic heterocycles. The van der Waals surface area contributed by atoms with Crippen molar-refractivity contribution in [2.24, 2.45) is 0 Å². The van der Waals surface area contributed by atoms with E-state index in [1.165, 1.54) is 6.07 Å². The van der Waals surface area contributed by atoms with Crippen LogP contribution in [0, 0.1) is 5.13 Å². The number of piperidine rings is 1. The highest BCUT2D eigenvalue weighted by Crippen LogP contribution is 2.34. The fourth-order valence-corrected chi connectivity index (χ4v) is 4.87. The van der Waals surface area contributed by atoms with E-state index in [0.29, 0.717) is 23.1 Å². The van der Waals surface area contributed by atoms with Crippen LogP contribution in [-0.4, -0.2) is 43.2 Å². The van der Waals surface area contributed by atoms with Crippen molar-refractivity contribution in [3.63, 3.8) is 0 Å². The maximum atomic E-state index is 13.6. The van der Waals surface area contributed by atoms with E-state index in [4.69, 9.17) is 4.98 Å². The van der Waals surface area contributed by atoms with Crippen molar-refractivity contribution in [1.29, 1.82) is 0 Å². The molecule has 0 atom stereocenters. The second kappa shape index (κ2) is 6.96. The van der Waals surface area contributed by atoms with E-state index >= 15 is 0 Å². The van der Waals surface area contributed by atoms with E-state index < -0.39 is 0 Å². The Hall–Kier alpha value is -3.17. The van der Waals surface area contributed by atoms with Crippen molar-refractivity contribution < 1.29 is 4.39 Å². The summed E-state index contributed by atoms with van der Waals surface area (Å²) >= 11 is 1.10. The second-order valence-corrected chi connectivity index (χ2v) is 8.51. The minimum absolute atomic E-state index is 0.220. The Morgan fingerprint density at radius 1 is 1.03 bits per heavy atom. The summed E-state index contributed by atoms with van der Waals surface area (Å²) in [6.07, 6.45) is 3.86. The van der Waals surface area contributed by atoms with E-state index in [1.807, 2.05) is 12.1 Å². The third-order valence-electron chi connectivity index (χ3n) is 5.64. The molecule has 0 aliphatic carbocycles. The number of imidazole rings is 1. The van der Waals surface area contributed by atoms with Crippen LogP contribution >= 0.6 is 11.3 Å². The zero-order valence-electron chi connectivity index (χ0n) is 15.9. The van der Waals surface area contributed by atoms with Gasteiger partial charge in [0, 0.05) is 28.2 Å². The number of pyridine rings is 2.